The van der Waals surface area contributed by atoms with Crippen LogP contribution >= 0.6 is 11.3 Å². The molecule has 12 nitrogen and oxygen atoms in total. The molecule has 0 spiro atoms. The number of aliphatic hydroxyl groups excluding tert-OH is 2. The van der Waals surface area contributed by atoms with Crippen molar-refractivity contribution >= 4 is 67.0 Å². The Kier molecular flexibility index (Phi) is 13.1. The molecule has 6 aromatic rings. The number of piperazine rings is 1. The number of benzene rings is 5. The third-order valence-electron chi connectivity index (χ3n) is 9.35. The standard InChI is InChI=1S/C23H16O6.C17H20N4S.2CH4O/c24-20-16(14-7-3-1-5-12(14)9-18(20)22(26)27)11-17-15-8-4-2-6-13(15)10-19(21(17)25)23(28)29;1-12-11-13-16(21-9-7-20(2)8-10-21)18-14-5-3-4-6-15(14)19-17(13)22-12;2*1-2/h1-10,24-25H,11H2,(H,26,27)(H,28,29);3-6,11,19H,7-10H2,1-2H3;2*2H,1H3. The van der Waals surface area contributed by atoms with Crippen molar-refractivity contribution < 1.29 is 40.2 Å². The van der Waals surface area contributed by atoms with Crippen LogP contribution in [-0.2, 0) is 6.42 Å². The minimum absolute atomic E-state index is 0.0407. The van der Waals surface area contributed by atoms with Crippen molar-refractivity contribution in [1.82, 2.24) is 9.80 Å². The van der Waals surface area contributed by atoms with Crippen molar-refractivity contribution in [3.63, 3.8) is 0 Å². The normalized spacial score (nSPS) is 13.3. The molecule has 3 heterocycles. The third kappa shape index (κ3) is 8.55. The lowest BCUT2D eigenvalue weighted by Crippen LogP contribution is -2.47. The second-order valence-corrected chi connectivity index (χ2v) is 14.0. The van der Waals surface area contributed by atoms with E-state index >= 15 is 0 Å². The number of carbonyl (C=O) groups is 2. The Morgan fingerprint density at radius 3 is 1.75 bits per heavy atom. The predicted molar refractivity (Wildman–Crippen MR) is 218 cm³/mol. The number of hydrogen-bond donors (Lipinski definition) is 7. The van der Waals surface area contributed by atoms with E-state index in [4.69, 9.17) is 15.2 Å². The highest BCUT2D eigenvalue weighted by Crippen LogP contribution is 2.40. The Bertz CT molecular complexity index is 2260. The first-order chi connectivity index (χ1) is 26.6. The number of rotatable bonds is 4. The molecule has 0 bridgehead atoms. The minimum Gasteiger partial charge on any atom is -0.507 e. The fourth-order valence-corrected chi connectivity index (χ4v) is 7.61. The van der Waals surface area contributed by atoms with E-state index in [1.165, 1.54) is 27.6 Å². The van der Waals surface area contributed by atoms with E-state index in [9.17, 15) is 30.0 Å². The molecule has 55 heavy (non-hydrogen) atoms. The van der Waals surface area contributed by atoms with Gasteiger partial charge in [-0.15, -0.1) is 11.3 Å². The number of phenols is 2. The van der Waals surface area contributed by atoms with Gasteiger partial charge in [-0.25, -0.2) is 14.6 Å². The molecule has 0 unspecified atom stereocenters. The Morgan fingerprint density at radius 2 is 1.22 bits per heavy atom. The fraction of sp³-hybridized carbons (Fsp3) is 0.214. The van der Waals surface area contributed by atoms with Gasteiger partial charge in [-0.05, 0) is 65.8 Å². The van der Waals surface area contributed by atoms with Gasteiger partial charge in [-0.3, -0.25) is 0 Å². The van der Waals surface area contributed by atoms with Gasteiger partial charge in [0.25, 0.3) is 0 Å². The first kappa shape index (κ1) is 40.2. The molecule has 2 aliphatic heterocycles. The first-order valence-electron chi connectivity index (χ1n) is 17.4. The summed E-state index contributed by atoms with van der Waals surface area (Å²) in [4.78, 5) is 34.3. The van der Waals surface area contributed by atoms with Crippen LogP contribution in [0.5, 0.6) is 11.5 Å². The van der Waals surface area contributed by atoms with Crippen LogP contribution in [0.3, 0.4) is 0 Å². The second-order valence-electron chi connectivity index (χ2n) is 12.7. The molecule has 0 atom stereocenters. The van der Waals surface area contributed by atoms with Crippen LogP contribution in [0.25, 0.3) is 21.5 Å². The van der Waals surface area contributed by atoms with Crippen LogP contribution in [0.15, 0.2) is 96.0 Å². The zero-order valence-corrected chi connectivity index (χ0v) is 31.8. The summed E-state index contributed by atoms with van der Waals surface area (Å²) >= 11 is 1.81. The summed E-state index contributed by atoms with van der Waals surface area (Å²) < 4.78 is 0. The number of nitrogens with one attached hydrogen (secondary N) is 1. The van der Waals surface area contributed by atoms with Crippen LogP contribution in [0.1, 0.15) is 42.3 Å². The number of thiophene rings is 1. The SMILES string of the molecule is CO.CO.Cc1cc2c(s1)Nc1ccccc1N=C2N1CCN(C)CC1.O=C(O)c1cc2ccccc2c(Cc2c(O)c(C(=O)O)cc3ccccc23)c1O. The molecule has 1 fully saturated rings. The zero-order chi connectivity index (χ0) is 39.8. The molecule has 0 saturated carbocycles. The van der Waals surface area contributed by atoms with Gasteiger partial charge in [0.05, 0.1) is 16.9 Å². The molecule has 0 aliphatic carbocycles. The van der Waals surface area contributed by atoms with Crippen molar-refractivity contribution in [1.29, 1.82) is 0 Å². The average molecular weight is 765 g/mol. The molecule has 2 aliphatic rings. The van der Waals surface area contributed by atoms with Gasteiger partial charge in [-0.2, -0.15) is 0 Å². The summed E-state index contributed by atoms with van der Waals surface area (Å²) in [5.41, 5.74) is 3.47. The summed E-state index contributed by atoms with van der Waals surface area (Å²) in [6.07, 6.45) is -0.0407. The van der Waals surface area contributed by atoms with Crippen molar-refractivity contribution in [2.45, 2.75) is 13.3 Å². The van der Waals surface area contributed by atoms with E-state index in [0.29, 0.717) is 32.7 Å². The summed E-state index contributed by atoms with van der Waals surface area (Å²) in [5, 5.41) is 61.6. The molecule has 5 aromatic carbocycles. The van der Waals surface area contributed by atoms with E-state index < -0.39 is 23.4 Å². The van der Waals surface area contributed by atoms with Gasteiger partial charge in [0, 0.05) is 62.8 Å². The molecule has 0 radical (unpaired) electrons. The van der Waals surface area contributed by atoms with Crippen molar-refractivity contribution in [3.05, 3.63) is 124 Å². The zero-order valence-electron chi connectivity index (χ0n) is 30.9. The Labute approximate surface area is 322 Å². The highest BCUT2D eigenvalue weighted by Gasteiger charge is 2.26. The number of aromatic hydroxyl groups is 2. The number of amidine groups is 1. The van der Waals surface area contributed by atoms with E-state index in [2.05, 4.69) is 59.4 Å². The summed E-state index contributed by atoms with van der Waals surface area (Å²) in [7, 11) is 4.18. The third-order valence-corrected chi connectivity index (χ3v) is 10.3. The number of carboxylic acid groups (broad SMARTS) is 2. The summed E-state index contributed by atoms with van der Waals surface area (Å²) in [5.74, 6) is -2.24. The van der Waals surface area contributed by atoms with Gasteiger partial charge in [-0.1, -0.05) is 60.7 Å². The number of aliphatic imine (C=N–C) groups is 1. The summed E-state index contributed by atoms with van der Waals surface area (Å²) in [6.45, 7) is 6.41. The number of aryl methyl sites for hydroxylation is 1. The maximum atomic E-state index is 11.6. The van der Waals surface area contributed by atoms with E-state index in [1.807, 2.05) is 0 Å². The fourth-order valence-electron chi connectivity index (χ4n) is 6.69. The van der Waals surface area contributed by atoms with Crippen LogP contribution < -0.4 is 5.32 Å². The molecule has 1 saturated heterocycles. The number of aliphatic hydroxyl groups is 2. The van der Waals surface area contributed by atoms with E-state index in [0.717, 1.165) is 57.6 Å². The van der Waals surface area contributed by atoms with Gasteiger partial charge in [0.15, 0.2) is 0 Å². The number of para-hydroxylation sites is 2. The number of anilines is 2. The molecule has 286 valence electrons. The van der Waals surface area contributed by atoms with Crippen LogP contribution in [0.4, 0.5) is 16.4 Å². The van der Waals surface area contributed by atoms with Crippen LogP contribution in [-0.4, -0.2) is 106 Å². The molecular weight excluding hydrogens is 721 g/mol. The second kappa shape index (κ2) is 17.9. The van der Waals surface area contributed by atoms with Gasteiger partial charge in [0.1, 0.15) is 33.5 Å². The maximum Gasteiger partial charge on any atom is 0.339 e. The highest BCUT2D eigenvalue weighted by atomic mass is 32.1. The maximum absolute atomic E-state index is 11.6. The monoisotopic (exact) mass is 764 g/mol. The summed E-state index contributed by atoms with van der Waals surface area (Å²) in [6, 6.07) is 27.3. The Morgan fingerprint density at radius 1 is 0.727 bits per heavy atom. The Balaban J connectivity index is 0.000000199. The van der Waals surface area contributed by atoms with Gasteiger partial charge >= 0.3 is 11.9 Å². The van der Waals surface area contributed by atoms with E-state index in [1.54, 1.807) is 59.9 Å². The van der Waals surface area contributed by atoms with Crippen LogP contribution in [0, 0.1) is 6.92 Å². The van der Waals surface area contributed by atoms with Crippen molar-refractivity contribution in [2.24, 2.45) is 4.99 Å². The molecule has 1 aromatic heterocycles. The van der Waals surface area contributed by atoms with Crippen molar-refractivity contribution in [3.8, 4) is 11.5 Å². The Hall–Kier alpha value is -5.99. The molecular formula is C42H44N4O8S. The lowest BCUT2D eigenvalue weighted by atomic mass is 9.90. The number of aromatic carboxylic acids is 2. The number of carboxylic acids is 2. The lowest BCUT2D eigenvalue weighted by Gasteiger charge is -2.34. The van der Waals surface area contributed by atoms with Gasteiger partial charge in [0.2, 0.25) is 0 Å². The molecule has 13 heteroatoms. The predicted octanol–water partition coefficient (Wildman–Crippen LogP) is 7.05. The minimum atomic E-state index is -1.28. The van der Waals surface area contributed by atoms with E-state index in [-0.39, 0.29) is 17.5 Å². The number of hydrogen-bond acceptors (Lipinski definition) is 11. The molecule has 8 rings (SSSR count). The average Bonchev–Trinajstić information content (AvgIpc) is 3.49. The quantitative estimate of drug-likeness (QED) is 0.0976. The first-order valence-corrected chi connectivity index (χ1v) is 18.2. The smallest absolute Gasteiger partial charge is 0.339 e. The highest BCUT2D eigenvalue weighted by molar-refractivity contribution is 7.16. The molecule has 0 amide bonds. The topological polar surface area (TPSA) is 186 Å². The number of likely N-dealkylation sites (N-methyl/N-ethyl adjacent to an activating group) is 1. The van der Waals surface area contributed by atoms with Crippen LogP contribution in [0.2, 0.25) is 0 Å². The van der Waals surface area contributed by atoms with Crippen molar-refractivity contribution in [2.75, 3.05) is 52.8 Å². The molecule has 7 N–H and O–H groups in total. The number of nitrogens with zero attached hydrogens (tertiary/aromatic N) is 3. The largest absolute Gasteiger partial charge is 0.507 e. The van der Waals surface area contributed by atoms with Gasteiger partial charge < -0.3 is 45.8 Å². The lowest BCUT2D eigenvalue weighted by molar-refractivity contribution is 0.0682. The number of fused-ring (bicyclic) bond motifs is 4.